The molecule has 1 unspecified atom stereocenters. The highest BCUT2D eigenvalue weighted by atomic mass is 16.5. The Morgan fingerprint density at radius 3 is 2.87 bits per heavy atom. The Bertz CT molecular complexity index is 284. The summed E-state index contributed by atoms with van der Waals surface area (Å²) in [5.74, 6) is 0. The first-order valence-corrected chi connectivity index (χ1v) is 5.56. The van der Waals surface area contributed by atoms with Crippen LogP contribution in [0, 0.1) is 6.92 Å². The molecule has 1 rings (SSSR count). The van der Waals surface area contributed by atoms with E-state index in [1.165, 1.54) is 5.56 Å². The van der Waals surface area contributed by atoms with Gasteiger partial charge in [0.2, 0.25) is 0 Å². The van der Waals surface area contributed by atoms with Gasteiger partial charge < -0.3 is 9.84 Å². The zero-order valence-corrected chi connectivity index (χ0v) is 9.57. The number of ether oxygens (including phenoxy) is 1. The molecule has 0 saturated heterocycles. The SMILES string of the molecule is CCCCOCC(O)c1cccc(C)c1. The van der Waals surface area contributed by atoms with Crippen LogP contribution in [0.25, 0.3) is 0 Å². The fraction of sp³-hybridized carbons (Fsp3) is 0.538. The van der Waals surface area contributed by atoms with Crippen LogP contribution in [0.2, 0.25) is 0 Å². The van der Waals surface area contributed by atoms with Crippen molar-refractivity contribution in [1.29, 1.82) is 0 Å². The lowest BCUT2D eigenvalue weighted by atomic mass is 10.1. The maximum Gasteiger partial charge on any atom is 0.102 e. The number of aliphatic hydroxyl groups is 1. The molecule has 0 radical (unpaired) electrons. The normalized spacial score (nSPS) is 12.7. The van der Waals surface area contributed by atoms with E-state index >= 15 is 0 Å². The van der Waals surface area contributed by atoms with Crippen LogP contribution in [0.4, 0.5) is 0 Å². The quantitative estimate of drug-likeness (QED) is 0.728. The third-order valence-corrected chi connectivity index (χ3v) is 2.34. The van der Waals surface area contributed by atoms with Gasteiger partial charge in [-0.25, -0.2) is 0 Å². The van der Waals surface area contributed by atoms with Crippen LogP contribution in [0.1, 0.15) is 37.0 Å². The van der Waals surface area contributed by atoms with Gasteiger partial charge in [-0.15, -0.1) is 0 Å². The Balaban J connectivity index is 2.36. The molecule has 84 valence electrons. The van der Waals surface area contributed by atoms with Crippen LogP contribution in [0.15, 0.2) is 24.3 Å². The summed E-state index contributed by atoms with van der Waals surface area (Å²) in [4.78, 5) is 0. The molecule has 1 aromatic rings. The van der Waals surface area contributed by atoms with E-state index in [0.29, 0.717) is 6.61 Å². The molecule has 1 N–H and O–H groups in total. The Kier molecular flexibility index (Phi) is 5.37. The van der Waals surface area contributed by atoms with Crippen molar-refractivity contribution in [2.75, 3.05) is 13.2 Å². The average Bonchev–Trinajstić information content (AvgIpc) is 2.24. The molecule has 15 heavy (non-hydrogen) atoms. The van der Waals surface area contributed by atoms with Gasteiger partial charge in [0, 0.05) is 6.61 Å². The van der Waals surface area contributed by atoms with Crippen molar-refractivity contribution in [3.63, 3.8) is 0 Å². The summed E-state index contributed by atoms with van der Waals surface area (Å²) in [5.41, 5.74) is 2.10. The Labute approximate surface area is 91.9 Å². The molecule has 0 aliphatic carbocycles. The lowest BCUT2D eigenvalue weighted by molar-refractivity contribution is 0.0349. The minimum Gasteiger partial charge on any atom is -0.386 e. The van der Waals surface area contributed by atoms with E-state index < -0.39 is 6.10 Å². The summed E-state index contributed by atoms with van der Waals surface area (Å²) < 4.78 is 5.38. The molecule has 0 bridgehead atoms. The minimum atomic E-state index is -0.498. The molecule has 0 aliphatic heterocycles. The minimum absolute atomic E-state index is 0.392. The van der Waals surface area contributed by atoms with Crippen LogP contribution >= 0.6 is 0 Å². The Morgan fingerprint density at radius 1 is 1.40 bits per heavy atom. The molecule has 1 atom stereocenters. The largest absolute Gasteiger partial charge is 0.386 e. The lowest BCUT2D eigenvalue weighted by Gasteiger charge is -2.11. The molecular weight excluding hydrogens is 188 g/mol. The van der Waals surface area contributed by atoms with Crippen molar-refractivity contribution in [1.82, 2.24) is 0 Å². The molecule has 2 heteroatoms. The van der Waals surface area contributed by atoms with Crippen molar-refractivity contribution in [3.8, 4) is 0 Å². The van der Waals surface area contributed by atoms with Crippen LogP contribution in [-0.4, -0.2) is 18.3 Å². The number of benzene rings is 1. The zero-order chi connectivity index (χ0) is 11.1. The van der Waals surface area contributed by atoms with Gasteiger partial charge in [0.15, 0.2) is 0 Å². The number of rotatable bonds is 6. The van der Waals surface area contributed by atoms with E-state index in [-0.39, 0.29) is 0 Å². The maximum atomic E-state index is 9.82. The summed E-state index contributed by atoms with van der Waals surface area (Å²) in [6.07, 6.45) is 1.68. The molecule has 0 amide bonds. The predicted octanol–water partition coefficient (Wildman–Crippen LogP) is 2.85. The van der Waals surface area contributed by atoms with Gasteiger partial charge in [0.25, 0.3) is 0 Å². The number of aryl methyl sites for hydroxylation is 1. The second-order valence-corrected chi connectivity index (χ2v) is 3.86. The highest BCUT2D eigenvalue weighted by Crippen LogP contribution is 2.14. The average molecular weight is 208 g/mol. The summed E-state index contributed by atoms with van der Waals surface area (Å²) in [5, 5.41) is 9.82. The second kappa shape index (κ2) is 6.59. The summed E-state index contributed by atoms with van der Waals surface area (Å²) in [6, 6.07) is 7.91. The third kappa shape index (κ3) is 4.45. The van der Waals surface area contributed by atoms with Gasteiger partial charge in [-0.3, -0.25) is 0 Å². The van der Waals surface area contributed by atoms with Crippen molar-refractivity contribution in [3.05, 3.63) is 35.4 Å². The van der Waals surface area contributed by atoms with Crippen LogP contribution in [-0.2, 0) is 4.74 Å². The topological polar surface area (TPSA) is 29.5 Å². The predicted molar refractivity (Wildman–Crippen MR) is 61.9 cm³/mol. The van der Waals surface area contributed by atoms with E-state index in [2.05, 4.69) is 6.92 Å². The van der Waals surface area contributed by atoms with Crippen LogP contribution in [0.3, 0.4) is 0 Å². The molecule has 0 fully saturated rings. The molecule has 0 spiro atoms. The van der Waals surface area contributed by atoms with Gasteiger partial charge in [0.05, 0.1) is 6.61 Å². The molecular formula is C13H20O2. The van der Waals surface area contributed by atoms with Crippen LogP contribution < -0.4 is 0 Å². The molecule has 0 aliphatic rings. The zero-order valence-electron chi connectivity index (χ0n) is 9.57. The Hall–Kier alpha value is -0.860. The second-order valence-electron chi connectivity index (χ2n) is 3.86. The van der Waals surface area contributed by atoms with E-state index in [4.69, 9.17) is 4.74 Å². The summed E-state index contributed by atoms with van der Waals surface area (Å²) in [7, 11) is 0. The van der Waals surface area contributed by atoms with Gasteiger partial charge in [-0.1, -0.05) is 43.2 Å². The molecule has 0 aromatic heterocycles. The Morgan fingerprint density at radius 2 is 2.20 bits per heavy atom. The van der Waals surface area contributed by atoms with Gasteiger partial charge >= 0.3 is 0 Å². The monoisotopic (exact) mass is 208 g/mol. The summed E-state index contributed by atoms with van der Waals surface area (Å²) >= 11 is 0. The lowest BCUT2D eigenvalue weighted by Crippen LogP contribution is -2.08. The molecule has 1 aromatic carbocycles. The van der Waals surface area contributed by atoms with Crippen molar-refractivity contribution < 1.29 is 9.84 Å². The first-order chi connectivity index (χ1) is 7.24. The first-order valence-electron chi connectivity index (χ1n) is 5.56. The molecule has 0 saturated carbocycles. The number of unbranched alkanes of at least 4 members (excludes halogenated alkanes) is 1. The number of hydrogen-bond donors (Lipinski definition) is 1. The van der Waals surface area contributed by atoms with Crippen molar-refractivity contribution >= 4 is 0 Å². The number of aliphatic hydroxyl groups excluding tert-OH is 1. The fourth-order valence-electron chi connectivity index (χ4n) is 1.41. The van der Waals surface area contributed by atoms with Crippen LogP contribution in [0.5, 0.6) is 0 Å². The van der Waals surface area contributed by atoms with Crippen molar-refractivity contribution in [2.45, 2.75) is 32.8 Å². The molecule has 0 heterocycles. The first kappa shape index (κ1) is 12.2. The standard InChI is InChI=1S/C13H20O2/c1-3-4-8-15-10-13(14)12-7-5-6-11(2)9-12/h5-7,9,13-14H,3-4,8,10H2,1-2H3. The van der Waals surface area contributed by atoms with E-state index in [1.54, 1.807) is 0 Å². The van der Waals surface area contributed by atoms with Gasteiger partial charge in [-0.2, -0.15) is 0 Å². The summed E-state index contributed by atoms with van der Waals surface area (Å²) in [6.45, 7) is 5.28. The van der Waals surface area contributed by atoms with E-state index in [1.807, 2.05) is 31.2 Å². The van der Waals surface area contributed by atoms with E-state index in [0.717, 1.165) is 25.0 Å². The van der Waals surface area contributed by atoms with Crippen molar-refractivity contribution in [2.24, 2.45) is 0 Å². The smallest absolute Gasteiger partial charge is 0.102 e. The molecule has 2 nitrogen and oxygen atoms in total. The third-order valence-electron chi connectivity index (χ3n) is 2.34. The highest BCUT2D eigenvalue weighted by molar-refractivity contribution is 5.23. The van der Waals surface area contributed by atoms with Gasteiger partial charge in [-0.05, 0) is 18.9 Å². The number of hydrogen-bond acceptors (Lipinski definition) is 2. The highest BCUT2D eigenvalue weighted by Gasteiger charge is 2.06. The fourth-order valence-corrected chi connectivity index (χ4v) is 1.41. The van der Waals surface area contributed by atoms with E-state index in [9.17, 15) is 5.11 Å². The van der Waals surface area contributed by atoms with Gasteiger partial charge in [0.1, 0.15) is 6.10 Å². The maximum absolute atomic E-state index is 9.82.